The van der Waals surface area contributed by atoms with Crippen molar-refractivity contribution in [3.05, 3.63) is 46.8 Å². The topological polar surface area (TPSA) is 131 Å². The van der Waals surface area contributed by atoms with Gasteiger partial charge in [0.05, 0.1) is 26.9 Å². The molecule has 0 aliphatic heterocycles. The first-order valence-electron chi connectivity index (χ1n) is 6.95. The van der Waals surface area contributed by atoms with E-state index < -0.39 is 29.1 Å². The number of methoxy groups -OCH3 is 3. The standard InChI is InChI=1S/C16H15N3O6/c1-23-9-6-4-8(5-7-9)13(20)10-11(14(21)24-2)18-16(17)19-12(10)15(22)25-3/h4-7H,1-3H3,(H2,17,18,19). The number of benzene rings is 1. The van der Waals surface area contributed by atoms with Crippen LogP contribution in [0.4, 0.5) is 5.95 Å². The Morgan fingerprint density at radius 3 is 1.76 bits per heavy atom. The lowest BCUT2D eigenvalue weighted by molar-refractivity contribution is 0.0583. The Labute approximate surface area is 142 Å². The van der Waals surface area contributed by atoms with Crippen molar-refractivity contribution < 1.29 is 28.6 Å². The molecule has 9 nitrogen and oxygen atoms in total. The predicted molar refractivity (Wildman–Crippen MR) is 85.5 cm³/mol. The van der Waals surface area contributed by atoms with E-state index in [1.165, 1.54) is 19.2 Å². The SMILES string of the molecule is COC(=O)c1nc(N)nc(C(=O)OC)c1C(=O)c1ccc(OC)cc1. The summed E-state index contributed by atoms with van der Waals surface area (Å²) in [6.45, 7) is 0. The molecule has 9 heteroatoms. The molecule has 2 N–H and O–H groups in total. The van der Waals surface area contributed by atoms with Crippen LogP contribution in [0.5, 0.6) is 5.75 Å². The summed E-state index contributed by atoms with van der Waals surface area (Å²) in [5, 5.41) is 0. The van der Waals surface area contributed by atoms with Crippen LogP contribution >= 0.6 is 0 Å². The molecule has 0 bridgehead atoms. The van der Waals surface area contributed by atoms with Crippen LogP contribution in [0.25, 0.3) is 0 Å². The maximum absolute atomic E-state index is 12.9. The smallest absolute Gasteiger partial charge is 0.357 e. The Bertz CT molecular complexity index is 795. The van der Waals surface area contributed by atoms with Crippen LogP contribution in [0.1, 0.15) is 36.9 Å². The lowest BCUT2D eigenvalue weighted by atomic mass is 9.99. The number of carbonyl (C=O) groups excluding carboxylic acids is 3. The zero-order valence-corrected chi connectivity index (χ0v) is 13.7. The molecule has 0 spiro atoms. The van der Waals surface area contributed by atoms with E-state index in [-0.39, 0.29) is 17.1 Å². The van der Waals surface area contributed by atoms with E-state index in [0.29, 0.717) is 5.75 Å². The van der Waals surface area contributed by atoms with Gasteiger partial charge in [0, 0.05) is 5.56 Å². The Morgan fingerprint density at radius 2 is 1.36 bits per heavy atom. The summed E-state index contributed by atoms with van der Waals surface area (Å²) in [6, 6.07) is 6.06. The zero-order valence-electron chi connectivity index (χ0n) is 13.7. The molecule has 0 aliphatic carbocycles. The van der Waals surface area contributed by atoms with Crippen molar-refractivity contribution in [2.45, 2.75) is 0 Å². The summed E-state index contributed by atoms with van der Waals surface area (Å²) >= 11 is 0. The number of hydrogen-bond acceptors (Lipinski definition) is 9. The van der Waals surface area contributed by atoms with Crippen LogP contribution in [-0.4, -0.2) is 49.0 Å². The highest BCUT2D eigenvalue weighted by Crippen LogP contribution is 2.21. The minimum Gasteiger partial charge on any atom is -0.497 e. The molecular formula is C16H15N3O6. The number of nitrogens with two attached hydrogens (primary N) is 1. The van der Waals surface area contributed by atoms with Crippen LogP contribution in [-0.2, 0) is 9.47 Å². The molecule has 1 heterocycles. The predicted octanol–water partition coefficient (Wildman–Crippen LogP) is 0.872. The fourth-order valence-corrected chi connectivity index (χ4v) is 2.07. The first kappa shape index (κ1) is 17.9. The van der Waals surface area contributed by atoms with Gasteiger partial charge >= 0.3 is 11.9 Å². The van der Waals surface area contributed by atoms with Crippen molar-refractivity contribution in [3.8, 4) is 5.75 Å². The Morgan fingerprint density at radius 1 is 0.880 bits per heavy atom. The minimum atomic E-state index is -0.934. The Kier molecular flexibility index (Phi) is 5.28. The van der Waals surface area contributed by atoms with E-state index in [1.54, 1.807) is 12.1 Å². The van der Waals surface area contributed by atoms with Gasteiger partial charge in [0.2, 0.25) is 5.95 Å². The summed E-state index contributed by atoms with van der Waals surface area (Å²) in [6.07, 6.45) is 0. The zero-order chi connectivity index (χ0) is 18.6. The summed E-state index contributed by atoms with van der Waals surface area (Å²) in [4.78, 5) is 44.3. The fraction of sp³-hybridized carbons (Fsp3) is 0.188. The van der Waals surface area contributed by atoms with Gasteiger partial charge in [-0.2, -0.15) is 0 Å². The number of hydrogen-bond donors (Lipinski definition) is 1. The van der Waals surface area contributed by atoms with Gasteiger partial charge in [0.25, 0.3) is 0 Å². The Balaban J connectivity index is 2.68. The molecule has 0 saturated carbocycles. The van der Waals surface area contributed by atoms with E-state index in [4.69, 9.17) is 10.5 Å². The first-order valence-corrected chi connectivity index (χ1v) is 6.95. The number of anilines is 1. The van der Waals surface area contributed by atoms with Crippen molar-refractivity contribution in [3.63, 3.8) is 0 Å². The van der Waals surface area contributed by atoms with E-state index in [2.05, 4.69) is 19.4 Å². The normalized spacial score (nSPS) is 10.0. The van der Waals surface area contributed by atoms with Crippen molar-refractivity contribution in [2.75, 3.05) is 27.1 Å². The van der Waals surface area contributed by atoms with Gasteiger partial charge in [-0.05, 0) is 24.3 Å². The number of aromatic nitrogens is 2. The lowest BCUT2D eigenvalue weighted by Crippen LogP contribution is -2.22. The van der Waals surface area contributed by atoms with E-state index in [1.807, 2.05) is 0 Å². The van der Waals surface area contributed by atoms with Gasteiger partial charge in [0.15, 0.2) is 17.2 Å². The molecule has 1 aromatic heterocycles. The second-order valence-electron chi connectivity index (χ2n) is 4.69. The maximum atomic E-state index is 12.9. The number of ether oxygens (including phenoxy) is 3. The molecule has 0 amide bonds. The number of ketones is 1. The third-order valence-electron chi connectivity index (χ3n) is 3.26. The third kappa shape index (κ3) is 3.55. The van der Waals surface area contributed by atoms with Gasteiger partial charge in [-0.25, -0.2) is 19.6 Å². The van der Waals surface area contributed by atoms with Crippen molar-refractivity contribution in [2.24, 2.45) is 0 Å². The number of nitrogens with zero attached hydrogens (tertiary/aromatic N) is 2. The van der Waals surface area contributed by atoms with Crippen LogP contribution in [0.15, 0.2) is 24.3 Å². The molecule has 0 atom stereocenters. The van der Waals surface area contributed by atoms with Crippen LogP contribution in [0.3, 0.4) is 0 Å². The molecule has 0 unspecified atom stereocenters. The van der Waals surface area contributed by atoms with Crippen molar-refractivity contribution in [1.29, 1.82) is 0 Å². The highest BCUT2D eigenvalue weighted by molar-refractivity contribution is 6.18. The van der Waals surface area contributed by atoms with Gasteiger partial charge < -0.3 is 19.9 Å². The summed E-state index contributed by atoms with van der Waals surface area (Å²) in [5.41, 5.74) is 4.52. The lowest BCUT2D eigenvalue weighted by Gasteiger charge is -2.11. The summed E-state index contributed by atoms with van der Waals surface area (Å²) < 4.78 is 14.3. The van der Waals surface area contributed by atoms with Crippen LogP contribution < -0.4 is 10.5 Å². The average Bonchev–Trinajstić information content (AvgIpc) is 2.65. The second-order valence-corrected chi connectivity index (χ2v) is 4.69. The summed E-state index contributed by atoms with van der Waals surface area (Å²) in [7, 11) is 3.70. The maximum Gasteiger partial charge on any atom is 0.357 e. The van der Waals surface area contributed by atoms with Gasteiger partial charge in [-0.3, -0.25) is 4.79 Å². The highest BCUT2D eigenvalue weighted by atomic mass is 16.5. The second kappa shape index (κ2) is 7.39. The van der Waals surface area contributed by atoms with Crippen molar-refractivity contribution >= 4 is 23.7 Å². The number of rotatable bonds is 5. The monoisotopic (exact) mass is 345 g/mol. The molecule has 2 rings (SSSR count). The van der Waals surface area contributed by atoms with Gasteiger partial charge in [-0.1, -0.05) is 0 Å². The van der Waals surface area contributed by atoms with Crippen LogP contribution in [0.2, 0.25) is 0 Å². The largest absolute Gasteiger partial charge is 0.497 e. The molecule has 0 aliphatic rings. The summed E-state index contributed by atoms with van der Waals surface area (Å²) in [5.74, 6) is -2.37. The molecule has 0 fully saturated rings. The van der Waals surface area contributed by atoms with Gasteiger partial charge in [-0.15, -0.1) is 0 Å². The molecule has 25 heavy (non-hydrogen) atoms. The quantitative estimate of drug-likeness (QED) is 0.619. The molecular weight excluding hydrogens is 330 g/mol. The Hall–Kier alpha value is -3.49. The number of carbonyl (C=O) groups is 3. The molecule has 2 aromatic rings. The number of nitrogen functional groups attached to an aromatic ring is 1. The third-order valence-corrected chi connectivity index (χ3v) is 3.26. The van der Waals surface area contributed by atoms with Gasteiger partial charge in [0.1, 0.15) is 5.75 Å². The average molecular weight is 345 g/mol. The fourth-order valence-electron chi connectivity index (χ4n) is 2.07. The van der Waals surface area contributed by atoms with Crippen LogP contribution in [0, 0.1) is 0 Å². The molecule has 1 aromatic carbocycles. The highest BCUT2D eigenvalue weighted by Gasteiger charge is 2.30. The van der Waals surface area contributed by atoms with E-state index in [0.717, 1.165) is 14.2 Å². The first-order chi connectivity index (χ1) is 11.9. The minimum absolute atomic E-state index is 0.185. The molecule has 0 radical (unpaired) electrons. The van der Waals surface area contributed by atoms with E-state index in [9.17, 15) is 14.4 Å². The van der Waals surface area contributed by atoms with E-state index >= 15 is 0 Å². The molecule has 130 valence electrons. The molecule has 0 saturated heterocycles. The van der Waals surface area contributed by atoms with Crippen molar-refractivity contribution in [1.82, 2.24) is 9.97 Å². The number of esters is 2.